The van der Waals surface area contributed by atoms with Crippen LogP contribution in [-0.2, 0) is 12.1 Å². The van der Waals surface area contributed by atoms with E-state index in [4.69, 9.17) is 15.7 Å². The summed E-state index contributed by atoms with van der Waals surface area (Å²) in [6.45, 7) is 3.77. The minimum Gasteiger partial charge on any atom is -0.393 e. The van der Waals surface area contributed by atoms with Crippen LogP contribution in [0.4, 0.5) is 0 Å². The molecule has 5 rings (SSSR count). The quantitative estimate of drug-likeness (QED) is 0.720. The Kier molecular flexibility index (Phi) is 4.30. The molecule has 2 aliphatic carbocycles. The molecule has 0 amide bonds. The van der Waals surface area contributed by atoms with Crippen molar-refractivity contribution < 1.29 is 5.11 Å². The molecular formula is C25H26N4O. The number of benzene rings is 1. The third-order valence-corrected chi connectivity index (χ3v) is 6.99. The first kappa shape index (κ1) is 19.0. The van der Waals surface area contributed by atoms with Crippen LogP contribution >= 0.6 is 0 Å². The number of aromatic nitrogens is 1. The zero-order chi connectivity index (χ0) is 20.9. The molecule has 1 atom stereocenters. The molecule has 0 saturated heterocycles. The average Bonchev–Trinajstić information content (AvgIpc) is 3.18. The number of hydrogen-bond acceptors (Lipinski definition) is 5. The SMILES string of the molecule is CC#Cc1cncc(-c2ccc3c(c2)[C@@]2(N=C(C)C(N)=N2)C2(CCC(O)CC2)C3)c1. The lowest BCUT2D eigenvalue weighted by molar-refractivity contribution is 0.0233. The van der Waals surface area contributed by atoms with Gasteiger partial charge in [-0.3, -0.25) is 9.98 Å². The van der Waals surface area contributed by atoms with Crippen LogP contribution in [0.25, 0.3) is 11.1 Å². The van der Waals surface area contributed by atoms with Gasteiger partial charge in [0.25, 0.3) is 0 Å². The summed E-state index contributed by atoms with van der Waals surface area (Å²) < 4.78 is 0. The lowest BCUT2D eigenvalue weighted by atomic mass is 9.65. The number of aliphatic imine (C=N–C) groups is 2. The number of nitrogens with two attached hydrogens (primary N) is 1. The van der Waals surface area contributed by atoms with E-state index in [0.29, 0.717) is 5.84 Å². The van der Waals surface area contributed by atoms with Crippen molar-refractivity contribution in [3.63, 3.8) is 0 Å². The second kappa shape index (κ2) is 6.78. The average molecular weight is 399 g/mol. The van der Waals surface area contributed by atoms with Crippen molar-refractivity contribution in [3.8, 4) is 23.0 Å². The highest BCUT2D eigenvalue weighted by atomic mass is 16.3. The summed E-state index contributed by atoms with van der Waals surface area (Å²) in [4.78, 5) is 14.5. The predicted octanol–water partition coefficient (Wildman–Crippen LogP) is 3.58. The minimum absolute atomic E-state index is 0.122. The molecule has 3 N–H and O–H groups in total. The fraction of sp³-hybridized carbons (Fsp3) is 0.400. The van der Waals surface area contributed by atoms with Crippen LogP contribution < -0.4 is 5.73 Å². The number of aliphatic hydroxyl groups excluding tert-OH is 1. The molecule has 1 fully saturated rings. The van der Waals surface area contributed by atoms with Gasteiger partial charge in [0.1, 0.15) is 5.84 Å². The molecule has 5 nitrogen and oxygen atoms in total. The molecule has 5 heteroatoms. The van der Waals surface area contributed by atoms with Crippen molar-refractivity contribution in [3.05, 3.63) is 53.3 Å². The Bertz CT molecular complexity index is 1130. The van der Waals surface area contributed by atoms with Crippen molar-refractivity contribution in [1.82, 2.24) is 4.98 Å². The largest absolute Gasteiger partial charge is 0.393 e. The normalized spacial score (nSPS) is 29.4. The molecule has 1 aromatic heterocycles. The fourth-order valence-corrected chi connectivity index (χ4v) is 5.44. The molecule has 2 spiro atoms. The minimum atomic E-state index is -0.680. The molecule has 1 aliphatic heterocycles. The zero-order valence-electron chi connectivity index (χ0n) is 17.4. The fourth-order valence-electron chi connectivity index (χ4n) is 5.44. The molecule has 0 radical (unpaired) electrons. The Morgan fingerprint density at radius 2 is 1.90 bits per heavy atom. The summed E-state index contributed by atoms with van der Waals surface area (Å²) in [6, 6.07) is 8.65. The lowest BCUT2D eigenvalue weighted by Crippen LogP contribution is -2.43. The third kappa shape index (κ3) is 2.71. The number of nitrogens with zero attached hydrogens (tertiary/aromatic N) is 3. The number of pyridine rings is 1. The van der Waals surface area contributed by atoms with Gasteiger partial charge in [0.15, 0.2) is 5.66 Å². The van der Waals surface area contributed by atoms with Crippen molar-refractivity contribution in [2.75, 3.05) is 0 Å². The van der Waals surface area contributed by atoms with E-state index in [1.165, 1.54) is 5.56 Å². The van der Waals surface area contributed by atoms with Crippen LogP contribution in [-0.4, -0.2) is 27.7 Å². The van der Waals surface area contributed by atoms with Crippen LogP contribution in [0, 0.1) is 17.3 Å². The number of amidine groups is 1. The van der Waals surface area contributed by atoms with Gasteiger partial charge in [-0.05, 0) is 69.2 Å². The van der Waals surface area contributed by atoms with Gasteiger partial charge in [-0.15, -0.1) is 5.92 Å². The first-order valence-corrected chi connectivity index (χ1v) is 10.6. The monoisotopic (exact) mass is 398 g/mol. The van der Waals surface area contributed by atoms with Gasteiger partial charge in [-0.1, -0.05) is 18.1 Å². The van der Waals surface area contributed by atoms with Crippen molar-refractivity contribution >= 4 is 11.5 Å². The van der Waals surface area contributed by atoms with E-state index in [1.807, 2.05) is 20.0 Å². The topological polar surface area (TPSA) is 83.9 Å². The van der Waals surface area contributed by atoms with E-state index in [-0.39, 0.29) is 11.5 Å². The Labute approximate surface area is 177 Å². The van der Waals surface area contributed by atoms with Gasteiger partial charge in [-0.2, -0.15) is 0 Å². The number of fused-ring (bicyclic) bond motifs is 3. The molecule has 152 valence electrons. The van der Waals surface area contributed by atoms with Crippen molar-refractivity contribution in [2.45, 2.75) is 57.7 Å². The van der Waals surface area contributed by atoms with Gasteiger partial charge >= 0.3 is 0 Å². The third-order valence-electron chi connectivity index (χ3n) is 6.99. The lowest BCUT2D eigenvalue weighted by Gasteiger charge is -2.44. The highest BCUT2D eigenvalue weighted by Gasteiger charge is 2.60. The summed E-state index contributed by atoms with van der Waals surface area (Å²) >= 11 is 0. The maximum atomic E-state index is 10.2. The standard InChI is InChI=1S/C25H26N4O/c1-3-4-17-11-20(15-27-14-17)18-5-6-19-13-24(9-7-21(30)8-10-24)25(22(19)12-18)28-16(2)23(26)29-25/h5-6,11-12,14-15,21,30H,7-10,13H2,1-2H3,(H2,26,29)/t21?,24?,25-/m0/s1. The molecule has 0 unspecified atom stereocenters. The smallest absolute Gasteiger partial charge is 0.184 e. The highest BCUT2D eigenvalue weighted by Crippen LogP contribution is 2.61. The van der Waals surface area contributed by atoms with Gasteiger partial charge in [0.05, 0.1) is 11.8 Å². The van der Waals surface area contributed by atoms with E-state index in [0.717, 1.165) is 60.1 Å². The highest BCUT2D eigenvalue weighted by molar-refractivity contribution is 6.41. The molecule has 0 bridgehead atoms. The summed E-state index contributed by atoms with van der Waals surface area (Å²) in [5.41, 5.74) is 11.7. The maximum Gasteiger partial charge on any atom is 0.184 e. The summed E-state index contributed by atoms with van der Waals surface area (Å²) in [5.74, 6) is 6.55. The van der Waals surface area contributed by atoms with Crippen LogP contribution in [0.15, 0.2) is 46.6 Å². The number of hydrogen-bond donors (Lipinski definition) is 2. The summed E-state index contributed by atoms with van der Waals surface area (Å²) in [5, 5.41) is 10.2. The van der Waals surface area contributed by atoms with E-state index < -0.39 is 5.66 Å². The Morgan fingerprint density at radius 1 is 1.10 bits per heavy atom. The van der Waals surface area contributed by atoms with Crippen LogP contribution in [0.1, 0.15) is 56.2 Å². The van der Waals surface area contributed by atoms with E-state index >= 15 is 0 Å². The molecule has 1 aromatic carbocycles. The van der Waals surface area contributed by atoms with E-state index in [2.05, 4.69) is 41.1 Å². The molecule has 3 aliphatic rings. The number of rotatable bonds is 1. The molecule has 2 heterocycles. The van der Waals surface area contributed by atoms with Crippen LogP contribution in [0.2, 0.25) is 0 Å². The Balaban J connectivity index is 1.66. The number of aliphatic hydroxyl groups is 1. The van der Waals surface area contributed by atoms with Gasteiger partial charge < -0.3 is 10.8 Å². The second-order valence-electron chi connectivity index (χ2n) is 8.76. The molecular weight excluding hydrogens is 372 g/mol. The zero-order valence-corrected chi connectivity index (χ0v) is 17.4. The van der Waals surface area contributed by atoms with Crippen molar-refractivity contribution in [1.29, 1.82) is 0 Å². The molecule has 30 heavy (non-hydrogen) atoms. The molecule has 2 aromatic rings. The van der Waals surface area contributed by atoms with Gasteiger partial charge in [0.2, 0.25) is 0 Å². The molecule has 1 saturated carbocycles. The van der Waals surface area contributed by atoms with Crippen molar-refractivity contribution in [2.24, 2.45) is 21.1 Å². The second-order valence-corrected chi connectivity index (χ2v) is 8.76. The van der Waals surface area contributed by atoms with Crippen LogP contribution in [0.5, 0.6) is 0 Å². The van der Waals surface area contributed by atoms with Crippen LogP contribution in [0.3, 0.4) is 0 Å². The van der Waals surface area contributed by atoms with E-state index in [1.54, 1.807) is 6.20 Å². The summed E-state index contributed by atoms with van der Waals surface area (Å²) in [7, 11) is 0. The maximum absolute atomic E-state index is 10.2. The Hall–Kier alpha value is -2.97. The predicted molar refractivity (Wildman–Crippen MR) is 119 cm³/mol. The van der Waals surface area contributed by atoms with Gasteiger partial charge in [-0.25, -0.2) is 4.99 Å². The summed E-state index contributed by atoms with van der Waals surface area (Å²) in [6.07, 6.45) is 7.72. The van der Waals surface area contributed by atoms with E-state index in [9.17, 15) is 5.11 Å². The first-order chi connectivity index (χ1) is 14.5. The Morgan fingerprint density at radius 3 is 2.60 bits per heavy atom. The van der Waals surface area contributed by atoms with Gasteiger partial charge in [0, 0.05) is 34.5 Å². The first-order valence-electron chi connectivity index (χ1n) is 10.6.